The smallest absolute Gasteiger partial charge is 0.460 e. The summed E-state index contributed by atoms with van der Waals surface area (Å²) in [4.78, 5) is 11.5. The standard InChI is InChI=1S/C28H39F17O2/c1-3-4-5-6-7-8-9-10-11-12-13-14-15-16-17-19(20(46)47)18(2)21(29,30)22(31,32)23(33,34)24(35,36)25(37,38)26(39,40)27(41,42)28(43,44)45/h18-19H,3-17H2,1-2H3,(H,46,47). The van der Waals surface area contributed by atoms with Gasteiger partial charge in [-0.2, -0.15) is 74.6 Å². The van der Waals surface area contributed by atoms with E-state index >= 15 is 0 Å². The van der Waals surface area contributed by atoms with Gasteiger partial charge in [-0.15, -0.1) is 0 Å². The van der Waals surface area contributed by atoms with Crippen LogP contribution in [0.2, 0.25) is 0 Å². The SMILES string of the molecule is CCCCCCCCCCCCCCCCC(C(=O)O)C(C)C(F)(F)C(F)(F)C(F)(F)C(F)(F)C(F)(F)C(F)(F)C(F)(F)C(F)(F)F. The van der Waals surface area contributed by atoms with E-state index in [0.29, 0.717) is 12.8 Å². The first kappa shape index (κ1) is 45.3. The van der Waals surface area contributed by atoms with Crippen molar-refractivity contribution < 1.29 is 84.5 Å². The maximum Gasteiger partial charge on any atom is 0.460 e. The summed E-state index contributed by atoms with van der Waals surface area (Å²) < 4.78 is 231. The van der Waals surface area contributed by atoms with Crippen LogP contribution in [0.5, 0.6) is 0 Å². The van der Waals surface area contributed by atoms with E-state index in [0.717, 1.165) is 51.4 Å². The van der Waals surface area contributed by atoms with Crippen LogP contribution in [-0.4, -0.2) is 58.7 Å². The molecule has 0 saturated carbocycles. The van der Waals surface area contributed by atoms with Crippen molar-refractivity contribution >= 4 is 5.97 Å². The average molecular weight is 731 g/mol. The number of aliphatic carboxylic acids is 1. The minimum Gasteiger partial charge on any atom is -0.481 e. The Morgan fingerprint density at radius 2 is 0.745 bits per heavy atom. The Bertz CT molecular complexity index is 948. The van der Waals surface area contributed by atoms with Crippen molar-refractivity contribution in [1.82, 2.24) is 0 Å². The number of alkyl halides is 17. The van der Waals surface area contributed by atoms with E-state index in [9.17, 15) is 84.5 Å². The van der Waals surface area contributed by atoms with Gasteiger partial charge in [-0.1, -0.05) is 104 Å². The monoisotopic (exact) mass is 730 g/mol. The van der Waals surface area contributed by atoms with Gasteiger partial charge in [-0.25, -0.2) is 0 Å². The highest BCUT2D eigenvalue weighted by molar-refractivity contribution is 5.70. The van der Waals surface area contributed by atoms with Crippen LogP contribution in [0.1, 0.15) is 110 Å². The van der Waals surface area contributed by atoms with Crippen LogP contribution in [0.4, 0.5) is 74.6 Å². The van der Waals surface area contributed by atoms with Crippen molar-refractivity contribution in [3.8, 4) is 0 Å². The second-order valence-corrected chi connectivity index (χ2v) is 11.7. The lowest BCUT2D eigenvalue weighted by molar-refractivity contribution is -0.463. The van der Waals surface area contributed by atoms with Crippen molar-refractivity contribution in [2.75, 3.05) is 0 Å². The quantitative estimate of drug-likeness (QED) is 0.0793. The summed E-state index contributed by atoms with van der Waals surface area (Å²) in [5, 5.41) is 9.22. The highest BCUT2D eigenvalue weighted by atomic mass is 19.4. The maximum absolute atomic E-state index is 14.6. The fourth-order valence-corrected chi connectivity index (χ4v) is 4.86. The lowest BCUT2D eigenvalue weighted by atomic mass is 9.79. The fourth-order valence-electron chi connectivity index (χ4n) is 4.86. The van der Waals surface area contributed by atoms with E-state index in [1.54, 1.807) is 0 Å². The van der Waals surface area contributed by atoms with Crippen LogP contribution in [-0.2, 0) is 4.79 Å². The Kier molecular flexibility index (Phi) is 16.2. The third-order valence-corrected chi connectivity index (χ3v) is 8.11. The Hall–Kier alpha value is -1.72. The summed E-state index contributed by atoms with van der Waals surface area (Å²) in [5.74, 6) is -65.9. The molecule has 0 aromatic heterocycles. The predicted octanol–water partition coefficient (Wildman–Crippen LogP) is 12.2. The van der Waals surface area contributed by atoms with Crippen molar-refractivity contribution in [1.29, 1.82) is 0 Å². The second kappa shape index (κ2) is 16.8. The summed E-state index contributed by atoms with van der Waals surface area (Å²) >= 11 is 0. The van der Waals surface area contributed by atoms with E-state index in [1.807, 2.05) is 0 Å². The number of rotatable bonds is 24. The molecule has 0 aliphatic carbocycles. The molecule has 19 heteroatoms. The zero-order valence-corrected chi connectivity index (χ0v) is 25.5. The molecule has 0 aliphatic heterocycles. The molecule has 0 radical (unpaired) electrons. The first-order valence-electron chi connectivity index (χ1n) is 15.0. The number of carbonyl (C=O) groups is 1. The molecule has 2 nitrogen and oxygen atoms in total. The van der Waals surface area contributed by atoms with Gasteiger partial charge in [0.05, 0.1) is 5.92 Å². The van der Waals surface area contributed by atoms with Crippen molar-refractivity contribution in [2.45, 2.75) is 158 Å². The van der Waals surface area contributed by atoms with Gasteiger partial charge in [0.1, 0.15) is 0 Å². The molecule has 0 saturated heterocycles. The third kappa shape index (κ3) is 9.50. The van der Waals surface area contributed by atoms with Gasteiger partial charge < -0.3 is 5.11 Å². The number of carboxylic acids is 1. The molecule has 0 fully saturated rings. The Labute approximate surface area is 260 Å². The predicted molar refractivity (Wildman–Crippen MR) is 136 cm³/mol. The second-order valence-electron chi connectivity index (χ2n) is 11.7. The van der Waals surface area contributed by atoms with Crippen LogP contribution >= 0.6 is 0 Å². The third-order valence-electron chi connectivity index (χ3n) is 8.11. The van der Waals surface area contributed by atoms with Crippen LogP contribution in [0.3, 0.4) is 0 Å². The molecule has 2 unspecified atom stereocenters. The molecule has 0 aromatic rings. The number of carboxylic acid groups (broad SMARTS) is 1. The minimum atomic E-state index is -8.72. The van der Waals surface area contributed by atoms with Crippen LogP contribution < -0.4 is 0 Å². The van der Waals surface area contributed by atoms with E-state index in [4.69, 9.17) is 0 Å². The fraction of sp³-hybridized carbons (Fsp3) is 0.964. The van der Waals surface area contributed by atoms with Crippen LogP contribution in [0.15, 0.2) is 0 Å². The van der Waals surface area contributed by atoms with Gasteiger partial charge >= 0.3 is 53.6 Å². The molecule has 282 valence electrons. The first-order valence-corrected chi connectivity index (χ1v) is 15.0. The Morgan fingerprint density at radius 3 is 1.04 bits per heavy atom. The molecule has 0 aliphatic rings. The molecule has 0 rings (SSSR count). The molecule has 0 heterocycles. The highest BCUT2D eigenvalue weighted by Gasteiger charge is 2.95. The number of unbranched alkanes of at least 4 members (excludes halogenated alkanes) is 13. The van der Waals surface area contributed by atoms with Gasteiger partial charge in [0.15, 0.2) is 0 Å². The lowest BCUT2D eigenvalue weighted by Crippen LogP contribution is -2.75. The maximum atomic E-state index is 14.6. The summed E-state index contributed by atoms with van der Waals surface area (Å²) in [6.07, 6.45) is 2.32. The molecule has 47 heavy (non-hydrogen) atoms. The molecular weight excluding hydrogens is 691 g/mol. The van der Waals surface area contributed by atoms with Gasteiger partial charge in [0.2, 0.25) is 0 Å². The summed E-state index contributed by atoms with van der Waals surface area (Å²) in [7, 11) is 0. The lowest BCUT2D eigenvalue weighted by Gasteiger charge is -2.44. The van der Waals surface area contributed by atoms with E-state index in [1.165, 1.54) is 12.8 Å². The zero-order chi connectivity index (χ0) is 37.3. The molecular formula is C28H39F17O2. The number of hydrogen-bond donors (Lipinski definition) is 1. The molecule has 2 atom stereocenters. The van der Waals surface area contributed by atoms with Gasteiger partial charge in [-0.05, 0) is 6.42 Å². The normalized spacial score (nSPS) is 16.0. The largest absolute Gasteiger partial charge is 0.481 e. The first-order chi connectivity index (χ1) is 21.1. The van der Waals surface area contributed by atoms with Gasteiger partial charge in [0, 0.05) is 5.92 Å². The Morgan fingerprint density at radius 1 is 0.468 bits per heavy atom. The van der Waals surface area contributed by atoms with Gasteiger partial charge in [0.25, 0.3) is 0 Å². The summed E-state index contributed by atoms with van der Waals surface area (Å²) in [6.45, 7) is 1.93. The minimum absolute atomic E-state index is 0.110. The molecule has 0 amide bonds. The highest BCUT2D eigenvalue weighted by Crippen LogP contribution is 2.64. The molecule has 1 N–H and O–H groups in total. The molecule has 0 spiro atoms. The van der Waals surface area contributed by atoms with E-state index < -0.39 is 71.9 Å². The summed E-state index contributed by atoms with van der Waals surface area (Å²) in [5.41, 5.74) is 0. The Balaban J connectivity index is 5.56. The topological polar surface area (TPSA) is 37.3 Å². The van der Waals surface area contributed by atoms with Crippen molar-refractivity contribution in [2.24, 2.45) is 11.8 Å². The zero-order valence-electron chi connectivity index (χ0n) is 25.5. The molecule has 0 bridgehead atoms. The van der Waals surface area contributed by atoms with Crippen LogP contribution in [0, 0.1) is 11.8 Å². The van der Waals surface area contributed by atoms with E-state index in [-0.39, 0.29) is 19.8 Å². The van der Waals surface area contributed by atoms with Crippen LogP contribution in [0.25, 0.3) is 0 Å². The van der Waals surface area contributed by atoms with Gasteiger partial charge in [-0.3, -0.25) is 4.79 Å². The molecule has 0 aromatic carbocycles. The van der Waals surface area contributed by atoms with Crippen molar-refractivity contribution in [3.05, 3.63) is 0 Å². The van der Waals surface area contributed by atoms with E-state index in [2.05, 4.69) is 6.92 Å². The summed E-state index contributed by atoms with van der Waals surface area (Å²) in [6, 6.07) is 0. The average Bonchev–Trinajstić information content (AvgIpc) is 2.93. The number of hydrogen-bond acceptors (Lipinski definition) is 1. The number of halogens is 17. The van der Waals surface area contributed by atoms with Crippen molar-refractivity contribution in [3.63, 3.8) is 0 Å².